The molecule has 0 aromatic heterocycles. The van der Waals surface area contributed by atoms with Gasteiger partial charge in [-0.2, -0.15) is 0 Å². The highest BCUT2D eigenvalue weighted by molar-refractivity contribution is 5.55. The quantitative estimate of drug-likeness (QED) is 0.813. The minimum absolute atomic E-state index is 0.142. The van der Waals surface area contributed by atoms with Gasteiger partial charge in [0, 0.05) is 24.8 Å². The first-order valence-electron chi connectivity index (χ1n) is 6.72. The average molecular weight is 234 g/mol. The number of nitrogens with two attached hydrogens (primary N) is 1. The monoisotopic (exact) mass is 234 g/mol. The smallest absolute Gasteiger partial charge is 0.0414 e. The van der Waals surface area contributed by atoms with E-state index in [0.717, 1.165) is 6.42 Å². The maximum Gasteiger partial charge on any atom is 0.0414 e. The molecule has 0 radical (unpaired) electrons. The zero-order valence-corrected chi connectivity index (χ0v) is 11.6. The molecule has 1 rings (SSSR count). The molecule has 2 N–H and O–H groups in total. The predicted molar refractivity (Wildman–Crippen MR) is 76.4 cm³/mol. The molecule has 96 valence electrons. The third kappa shape index (κ3) is 3.22. The fourth-order valence-electron chi connectivity index (χ4n) is 2.38. The number of nitrogens with zero attached hydrogens (tertiary/aromatic N) is 1. The van der Waals surface area contributed by atoms with Gasteiger partial charge in [0.15, 0.2) is 0 Å². The van der Waals surface area contributed by atoms with Crippen molar-refractivity contribution in [3.63, 3.8) is 0 Å². The fraction of sp³-hybridized carbons (Fsp3) is 0.600. The van der Waals surface area contributed by atoms with Crippen LogP contribution in [0.3, 0.4) is 0 Å². The van der Waals surface area contributed by atoms with Crippen LogP contribution < -0.4 is 10.6 Å². The van der Waals surface area contributed by atoms with Gasteiger partial charge in [-0.1, -0.05) is 39.0 Å². The number of hydrogen-bond donors (Lipinski definition) is 1. The topological polar surface area (TPSA) is 29.3 Å². The molecule has 0 unspecified atom stereocenters. The summed E-state index contributed by atoms with van der Waals surface area (Å²) >= 11 is 0. The Morgan fingerprint density at radius 3 is 2.18 bits per heavy atom. The third-order valence-corrected chi connectivity index (χ3v) is 3.65. The highest BCUT2D eigenvalue weighted by Crippen LogP contribution is 2.28. The summed E-state index contributed by atoms with van der Waals surface area (Å²) < 4.78 is 0. The van der Waals surface area contributed by atoms with E-state index in [4.69, 9.17) is 5.73 Å². The van der Waals surface area contributed by atoms with Crippen molar-refractivity contribution in [3.05, 3.63) is 29.8 Å². The first kappa shape index (κ1) is 14.0. The fourth-order valence-corrected chi connectivity index (χ4v) is 2.38. The Morgan fingerprint density at radius 2 is 1.65 bits per heavy atom. The van der Waals surface area contributed by atoms with Crippen molar-refractivity contribution in [3.8, 4) is 0 Å². The number of rotatable bonds is 6. The molecule has 1 aromatic rings. The number of para-hydroxylation sites is 1. The predicted octanol–water partition coefficient (Wildman–Crippen LogP) is 3.72. The lowest BCUT2D eigenvalue weighted by atomic mass is 10.0. The van der Waals surface area contributed by atoms with Gasteiger partial charge in [0.05, 0.1) is 0 Å². The van der Waals surface area contributed by atoms with Crippen molar-refractivity contribution in [2.45, 2.75) is 52.1 Å². The summed E-state index contributed by atoms with van der Waals surface area (Å²) in [4.78, 5) is 2.38. The van der Waals surface area contributed by atoms with E-state index in [0.29, 0.717) is 6.04 Å². The maximum atomic E-state index is 6.19. The second kappa shape index (κ2) is 6.65. The van der Waals surface area contributed by atoms with Crippen LogP contribution in [0.4, 0.5) is 5.69 Å². The summed E-state index contributed by atoms with van der Waals surface area (Å²) in [5, 5.41) is 0. The molecule has 2 nitrogen and oxygen atoms in total. The molecule has 0 fully saturated rings. The van der Waals surface area contributed by atoms with Crippen LogP contribution in [0.25, 0.3) is 0 Å². The van der Waals surface area contributed by atoms with E-state index in [1.54, 1.807) is 0 Å². The highest BCUT2D eigenvalue weighted by Gasteiger charge is 2.16. The van der Waals surface area contributed by atoms with Crippen LogP contribution in [-0.4, -0.2) is 13.1 Å². The van der Waals surface area contributed by atoms with Crippen molar-refractivity contribution < 1.29 is 0 Å². The number of hydrogen-bond acceptors (Lipinski definition) is 2. The van der Waals surface area contributed by atoms with Crippen LogP contribution in [0.1, 0.15) is 51.6 Å². The van der Waals surface area contributed by atoms with E-state index in [9.17, 15) is 0 Å². The lowest BCUT2D eigenvalue weighted by Gasteiger charge is -2.31. The van der Waals surface area contributed by atoms with E-state index < -0.39 is 0 Å². The van der Waals surface area contributed by atoms with E-state index in [1.165, 1.54) is 24.1 Å². The van der Waals surface area contributed by atoms with Gasteiger partial charge in [0.2, 0.25) is 0 Å². The molecular formula is C15H26N2. The molecular weight excluding hydrogens is 208 g/mol. The van der Waals surface area contributed by atoms with Crippen molar-refractivity contribution in [2.75, 3.05) is 11.9 Å². The van der Waals surface area contributed by atoms with Crippen molar-refractivity contribution >= 4 is 5.69 Å². The van der Waals surface area contributed by atoms with Gasteiger partial charge >= 0.3 is 0 Å². The molecule has 17 heavy (non-hydrogen) atoms. The lowest BCUT2D eigenvalue weighted by Crippen LogP contribution is -2.31. The first-order valence-corrected chi connectivity index (χ1v) is 6.72. The van der Waals surface area contributed by atoms with E-state index in [-0.39, 0.29) is 6.04 Å². The Morgan fingerprint density at radius 1 is 1.06 bits per heavy atom. The maximum absolute atomic E-state index is 6.19. The Labute approximate surface area is 106 Å². The molecule has 0 aliphatic rings. The molecule has 0 amide bonds. The van der Waals surface area contributed by atoms with Crippen LogP contribution in [0.2, 0.25) is 0 Å². The van der Waals surface area contributed by atoms with Crippen molar-refractivity contribution in [1.29, 1.82) is 0 Å². The van der Waals surface area contributed by atoms with Gasteiger partial charge in [-0.15, -0.1) is 0 Å². The second-order valence-electron chi connectivity index (χ2n) is 4.65. The molecule has 2 heteroatoms. The zero-order chi connectivity index (χ0) is 12.8. The van der Waals surface area contributed by atoms with Crippen LogP contribution in [0.15, 0.2) is 24.3 Å². The van der Waals surface area contributed by atoms with E-state index in [2.05, 4.69) is 57.0 Å². The normalized spacial score (nSPS) is 12.8. The van der Waals surface area contributed by atoms with Crippen LogP contribution in [-0.2, 0) is 0 Å². The molecule has 0 aliphatic heterocycles. The zero-order valence-electron chi connectivity index (χ0n) is 11.6. The molecule has 0 saturated carbocycles. The number of anilines is 1. The molecule has 0 spiro atoms. The summed E-state index contributed by atoms with van der Waals surface area (Å²) in [6, 6.07) is 9.25. The van der Waals surface area contributed by atoms with E-state index in [1.807, 2.05) is 0 Å². The highest BCUT2D eigenvalue weighted by atomic mass is 15.1. The van der Waals surface area contributed by atoms with Gasteiger partial charge < -0.3 is 10.6 Å². The Hall–Kier alpha value is -1.02. The van der Waals surface area contributed by atoms with Gasteiger partial charge in [0.1, 0.15) is 0 Å². The van der Waals surface area contributed by atoms with Gasteiger partial charge in [-0.25, -0.2) is 0 Å². The lowest BCUT2D eigenvalue weighted by molar-refractivity contribution is 0.585. The Balaban J connectivity index is 3.03. The minimum Gasteiger partial charge on any atom is -0.371 e. The Bertz CT molecular complexity index is 331. The van der Waals surface area contributed by atoms with Gasteiger partial charge in [-0.05, 0) is 30.9 Å². The first-order chi connectivity index (χ1) is 8.15. The molecule has 0 heterocycles. The average Bonchev–Trinajstić information content (AvgIpc) is 2.39. The molecule has 1 aromatic carbocycles. The minimum atomic E-state index is 0.142. The van der Waals surface area contributed by atoms with E-state index >= 15 is 0 Å². The standard InChI is InChI=1S/C15H26N2/c1-5-12(6-2)17(4)15-11-9-8-10-13(15)14(16)7-3/h8-12,14H,5-7,16H2,1-4H3/t14-/m1/s1. The van der Waals surface area contributed by atoms with Crippen molar-refractivity contribution in [2.24, 2.45) is 5.73 Å². The Kier molecular flexibility index (Phi) is 5.49. The van der Waals surface area contributed by atoms with Crippen LogP contribution >= 0.6 is 0 Å². The largest absolute Gasteiger partial charge is 0.371 e. The second-order valence-corrected chi connectivity index (χ2v) is 4.65. The summed E-state index contributed by atoms with van der Waals surface area (Å²) in [5.74, 6) is 0. The molecule has 0 aliphatic carbocycles. The van der Waals surface area contributed by atoms with Crippen molar-refractivity contribution in [1.82, 2.24) is 0 Å². The van der Waals surface area contributed by atoms with Crippen LogP contribution in [0.5, 0.6) is 0 Å². The molecule has 0 bridgehead atoms. The molecule has 0 saturated heterocycles. The molecule has 1 atom stereocenters. The summed E-state index contributed by atoms with van der Waals surface area (Å²) in [5.41, 5.74) is 8.74. The van der Waals surface area contributed by atoms with Gasteiger partial charge in [0.25, 0.3) is 0 Å². The van der Waals surface area contributed by atoms with Gasteiger partial charge in [-0.3, -0.25) is 0 Å². The SMILES string of the molecule is CCC(CC)N(C)c1ccccc1[C@H](N)CC. The van der Waals surface area contributed by atoms with Crippen LogP contribution in [0, 0.1) is 0 Å². The summed E-state index contributed by atoms with van der Waals surface area (Å²) in [7, 11) is 2.18. The summed E-state index contributed by atoms with van der Waals surface area (Å²) in [6.07, 6.45) is 3.32. The third-order valence-electron chi connectivity index (χ3n) is 3.65. The number of benzene rings is 1. The summed E-state index contributed by atoms with van der Waals surface area (Å²) in [6.45, 7) is 6.62.